The fourth-order valence-electron chi connectivity index (χ4n) is 2.64. The van der Waals surface area contributed by atoms with Gasteiger partial charge in [0.25, 0.3) is 0 Å². The van der Waals surface area contributed by atoms with Crippen molar-refractivity contribution < 1.29 is 4.79 Å². The number of nitrogens with one attached hydrogen (secondary N) is 1. The summed E-state index contributed by atoms with van der Waals surface area (Å²) in [5.41, 5.74) is 1.75. The van der Waals surface area contributed by atoms with Crippen molar-refractivity contribution in [3.05, 3.63) is 53.2 Å². The molecule has 0 spiro atoms. The highest BCUT2D eigenvalue weighted by atomic mass is 35.5. The van der Waals surface area contributed by atoms with Crippen LogP contribution in [0, 0.1) is 6.92 Å². The first kappa shape index (κ1) is 15.6. The molecular weight excluding hydrogens is 312 g/mol. The standard InChI is InChI=1S/C17H19ClN4O/c1-13-12-14(18)5-6-15(13)20-17(23)22-10-8-21(9-11-22)16-4-2-3-7-19-16/h2-7,12H,8-11H2,1H3,(H,20,23). The minimum Gasteiger partial charge on any atom is -0.353 e. The van der Waals surface area contributed by atoms with E-state index in [0.717, 1.165) is 30.2 Å². The summed E-state index contributed by atoms with van der Waals surface area (Å²) < 4.78 is 0. The van der Waals surface area contributed by atoms with Crippen LogP contribution in [0.25, 0.3) is 0 Å². The predicted octanol–water partition coefficient (Wildman–Crippen LogP) is 3.40. The van der Waals surface area contributed by atoms with Gasteiger partial charge in [-0.2, -0.15) is 0 Å². The zero-order valence-electron chi connectivity index (χ0n) is 13.0. The van der Waals surface area contributed by atoms with Crippen molar-refractivity contribution in [3.8, 4) is 0 Å². The number of aromatic nitrogens is 1. The average Bonchev–Trinajstić information content (AvgIpc) is 2.58. The summed E-state index contributed by atoms with van der Waals surface area (Å²) in [4.78, 5) is 20.8. The molecule has 1 saturated heterocycles. The summed E-state index contributed by atoms with van der Waals surface area (Å²) in [6.07, 6.45) is 1.79. The van der Waals surface area contributed by atoms with Crippen molar-refractivity contribution in [1.29, 1.82) is 0 Å². The molecule has 0 atom stereocenters. The van der Waals surface area contributed by atoms with Crippen LogP contribution in [0.4, 0.5) is 16.3 Å². The van der Waals surface area contributed by atoms with Gasteiger partial charge < -0.3 is 15.1 Å². The molecule has 2 amide bonds. The zero-order valence-corrected chi connectivity index (χ0v) is 13.8. The normalized spacial score (nSPS) is 14.7. The lowest BCUT2D eigenvalue weighted by molar-refractivity contribution is 0.208. The van der Waals surface area contributed by atoms with Crippen molar-refractivity contribution in [2.45, 2.75) is 6.92 Å². The number of benzene rings is 1. The molecule has 6 heteroatoms. The van der Waals surface area contributed by atoms with Gasteiger partial charge in [0, 0.05) is 43.1 Å². The Morgan fingerprint density at radius 1 is 1.17 bits per heavy atom. The maximum atomic E-state index is 12.4. The average molecular weight is 331 g/mol. The van der Waals surface area contributed by atoms with Gasteiger partial charge >= 0.3 is 6.03 Å². The van der Waals surface area contributed by atoms with Crippen LogP contribution in [0.15, 0.2) is 42.6 Å². The predicted molar refractivity (Wildman–Crippen MR) is 93.2 cm³/mol. The maximum absolute atomic E-state index is 12.4. The number of rotatable bonds is 2. The van der Waals surface area contributed by atoms with Crippen molar-refractivity contribution in [2.24, 2.45) is 0 Å². The van der Waals surface area contributed by atoms with E-state index in [4.69, 9.17) is 11.6 Å². The smallest absolute Gasteiger partial charge is 0.321 e. The Labute approximate surface area is 140 Å². The van der Waals surface area contributed by atoms with Crippen LogP contribution in [0.5, 0.6) is 0 Å². The number of anilines is 2. The van der Waals surface area contributed by atoms with E-state index in [0.29, 0.717) is 18.1 Å². The van der Waals surface area contributed by atoms with Gasteiger partial charge in [-0.25, -0.2) is 9.78 Å². The number of amides is 2. The molecule has 120 valence electrons. The van der Waals surface area contributed by atoms with E-state index in [1.807, 2.05) is 42.2 Å². The van der Waals surface area contributed by atoms with Crippen LogP contribution >= 0.6 is 11.6 Å². The highest BCUT2D eigenvalue weighted by Gasteiger charge is 2.22. The number of hydrogen-bond donors (Lipinski definition) is 1. The topological polar surface area (TPSA) is 48.5 Å². The van der Waals surface area contributed by atoms with E-state index in [2.05, 4.69) is 15.2 Å². The Hall–Kier alpha value is -2.27. The van der Waals surface area contributed by atoms with E-state index in [1.54, 1.807) is 12.3 Å². The second kappa shape index (κ2) is 6.87. The monoisotopic (exact) mass is 330 g/mol. The van der Waals surface area contributed by atoms with E-state index in [9.17, 15) is 4.79 Å². The molecule has 0 unspecified atom stereocenters. The SMILES string of the molecule is Cc1cc(Cl)ccc1NC(=O)N1CCN(c2ccccn2)CC1. The molecule has 1 fully saturated rings. The molecule has 0 bridgehead atoms. The highest BCUT2D eigenvalue weighted by Crippen LogP contribution is 2.20. The summed E-state index contributed by atoms with van der Waals surface area (Å²) >= 11 is 5.94. The number of piperazine rings is 1. The Kier molecular flexibility index (Phi) is 4.67. The van der Waals surface area contributed by atoms with E-state index in [1.165, 1.54) is 0 Å². The molecule has 1 aliphatic rings. The Bertz CT molecular complexity index is 684. The molecule has 3 rings (SSSR count). The summed E-state index contributed by atoms with van der Waals surface area (Å²) in [6, 6.07) is 11.3. The molecule has 5 nitrogen and oxygen atoms in total. The van der Waals surface area contributed by atoms with Crippen molar-refractivity contribution >= 4 is 29.1 Å². The summed E-state index contributed by atoms with van der Waals surface area (Å²) in [5, 5.41) is 3.63. The van der Waals surface area contributed by atoms with Gasteiger partial charge in [-0.1, -0.05) is 17.7 Å². The number of aryl methyl sites for hydroxylation is 1. The second-order valence-electron chi connectivity index (χ2n) is 5.55. The molecule has 0 saturated carbocycles. The molecular formula is C17H19ClN4O. The van der Waals surface area contributed by atoms with Crippen LogP contribution in [0.1, 0.15) is 5.56 Å². The third-order valence-corrected chi connectivity index (χ3v) is 4.21. The summed E-state index contributed by atoms with van der Waals surface area (Å²) in [6.45, 7) is 4.85. The lowest BCUT2D eigenvalue weighted by Crippen LogP contribution is -2.50. The van der Waals surface area contributed by atoms with Crippen molar-refractivity contribution in [3.63, 3.8) is 0 Å². The Morgan fingerprint density at radius 2 is 1.96 bits per heavy atom. The first-order valence-electron chi connectivity index (χ1n) is 7.61. The number of halogens is 1. The number of hydrogen-bond acceptors (Lipinski definition) is 3. The van der Waals surface area contributed by atoms with Crippen molar-refractivity contribution in [2.75, 3.05) is 36.4 Å². The summed E-state index contributed by atoms with van der Waals surface area (Å²) in [5.74, 6) is 0.959. The first-order valence-corrected chi connectivity index (χ1v) is 7.99. The number of urea groups is 1. The lowest BCUT2D eigenvalue weighted by atomic mass is 10.2. The van der Waals surface area contributed by atoms with Gasteiger partial charge in [0.15, 0.2) is 0 Å². The van der Waals surface area contributed by atoms with Gasteiger partial charge in [-0.3, -0.25) is 0 Å². The van der Waals surface area contributed by atoms with E-state index >= 15 is 0 Å². The number of carbonyl (C=O) groups excluding carboxylic acids is 1. The van der Waals surface area contributed by atoms with Gasteiger partial charge in [-0.15, -0.1) is 0 Å². The number of carbonyl (C=O) groups is 1. The minimum absolute atomic E-state index is 0.0731. The lowest BCUT2D eigenvalue weighted by Gasteiger charge is -2.35. The molecule has 23 heavy (non-hydrogen) atoms. The third kappa shape index (κ3) is 3.74. The molecule has 1 aromatic heterocycles. The molecule has 0 radical (unpaired) electrons. The largest absolute Gasteiger partial charge is 0.353 e. The second-order valence-corrected chi connectivity index (χ2v) is 5.99. The minimum atomic E-state index is -0.0731. The van der Waals surface area contributed by atoms with Crippen LogP contribution in [-0.2, 0) is 0 Å². The number of pyridine rings is 1. The van der Waals surface area contributed by atoms with Crippen LogP contribution < -0.4 is 10.2 Å². The third-order valence-electron chi connectivity index (χ3n) is 3.97. The molecule has 1 N–H and O–H groups in total. The molecule has 0 aliphatic carbocycles. The number of nitrogens with zero attached hydrogens (tertiary/aromatic N) is 3. The fourth-order valence-corrected chi connectivity index (χ4v) is 2.87. The molecule has 1 aliphatic heterocycles. The fraction of sp³-hybridized carbons (Fsp3) is 0.294. The van der Waals surface area contributed by atoms with Crippen LogP contribution in [0.2, 0.25) is 5.02 Å². The van der Waals surface area contributed by atoms with Gasteiger partial charge in [-0.05, 0) is 42.8 Å². The van der Waals surface area contributed by atoms with Gasteiger partial charge in [0.05, 0.1) is 0 Å². The highest BCUT2D eigenvalue weighted by molar-refractivity contribution is 6.30. The van der Waals surface area contributed by atoms with Crippen LogP contribution in [-0.4, -0.2) is 42.1 Å². The quantitative estimate of drug-likeness (QED) is 0.918. The van der Waals surface area contributed by atoms with E-state index in [-0.39, 0.29) is 6.03 Å². The molecule has 1 aromatic carbocycles. The van der Waals surface area contributed by atoms with Gasteiger partial charge in [0.2, 0.25) is 0 Å². The molecule has 2 heterocycles. The Balaban J connectivity index is 1.58. The molecule has 2 aromatic rings. The summed E-state index contributed by atoms with van der Waals surface area (Å²) in [7, 11) is 0. The zero-order chi connectivity index (χ0) is 16.2. The van der Waals surface area contributed by atoms with Crippen molar-refractivity contribution in [1.82, 2.24) is 9.88 Å². The van der Waals surface area contributed by atoms with E-state index < -0.39 is 0 Å². The maximum Gasteiger partial charge on any atom is 0.321 e. The van der Waals surface area contributed by atoms with Gasteiger partial charge in [0.1, 0.15) is 5.82 Å². The first-order chi connectivity index (χ1) is 11.1. The van der Waals surface area contributed by atoms with Crippen LogP contribution in [0.3, 0.4) is 0 Å². The Morgan fingerprint density at radius 3 is 2.61 bits per heavy atom.